The van der Waals surface area contributed by atoms with Crippen LogP contribution in [0.5, 0.6) is 11.5 Å². The maximum atomic E-state index is 6.00. The van der Waals surface area contributed by atoms with Gasteiger partial charge in [0.05, 0.1) is 18.2 Å². The molecular weight excluding hydrogens is 396 g/mol. The van der Waals surface area contributed by atoms with Crippen molar-refractivity contribution >= 4 is 27.5 Å². The molecule has 0 aliphatic heterocycles. The van der Waals surface area contributed by atoms with Gasteiger partial charge in [0.1, 0.15) is 0 Å². The van der Waals surface area contributed by atoms with Gasteiger partial charge in [-0.3, -0.25) is 0 Å². The summed E-state index contributed by atoms with van der Waals surface area (Å²) in [6.45, 7) is 2.43. The summed E-state index contributed by atoms with van der Waals surface area (Å²) in [5.74, 6) is 2.09. The van der Waals surface area contributed by atoms with E-state index in [2.05, 4.69) is 26.1 Å². The van der Waals surface area contributed by atoms with Crippen LogP contribution in [0, 0.1) is 0 Å². The highest BCUT2D eigenvalue weighted by Crippen LogP contribution is 2.39. The van der Waals surface area contributed by atoms with E-state index in [0.717, 1.165) is 15.6 Å². The Morgan fingerprint density at radius 2 is 2.04 bits per heavy atom. The van der Waals surface area contributed by atoms with Crippen molar-refractivity contribution in [3.63, 3.8) is 0 Å². The fraction of sp³-hybridized carbons (Fsp3) is 0.176. The highest BCUT2D eigenvalue weighted by molar-refractivity contribution is 9.10. The highest BCUT2D eigenvalue weighted by Gasteiger charge is 2.16. The molecule has 0 N–H and O–H groups in total. The van der Waals surface area contributed by atoms with E-state index in [4.69, 9.17) is 25.6 Å². The Balaban J connectivity index is 2.01. The monoisotopic (exact) mass is 408 g/mol. The van der Waals surface area contributed by atoms with Gasteiger partial charge in [0, 0.05) is 16.1 Å². The number of hydrogen-bond donors (Lipinski definition) is 0. The lowest BCUT2D eigenvalue weighted by atomic mass is 10.2. The molecule has 1 heterocycles. The van der Waals surface area contributed by atoms with Crippen LogP contribution >= 0.6 is 27.5 Å². The molecule has 0 amide bonds. The molecule has 0 saturated heterocycles. The van der Waals surface area contributed by atoms with Crippen molar-refractivity contribution in [3.05, 3.63) is 45.9 Å². The predicted molar refractivity (Wildman–Crippen MR) is 95.6 cm³/mol. The van der Waals surface area contributed by atoms with E-state index >= 15 is 0 Å². The average Bonchev–Trinajstić information content (AvgIpc) is 3.05. The second kappa shape index (κ2) is 7.23. The first-order valence-corrected chi connectivity index (χ1v) is 8.39. The minimum Gasteiger partial charge on any atom is -0.492 e. The standard InChI is InChI=1S/C17H14BrClN2O3/c1-3-23-14-9-11(8-13(18)15(14)22-2)16-20-17(24-21-16)10-5-4-6-12(19)7-10/h4-9H,3H2,1-2H3. The fourth-order valence-corrected chi connectivity index (χ4v) is 3.03. The molecule has 0 saturated carbocycles. The summed E-state index contributed by atoms with van der Waals surface area (Å²) < 4.78 is 17.1. The summed E-state index contributed by atoms with van der Waals surface area (Å²) in [6.07, 6.45) is 0. The van der Waals surface area contributed by atoms with Gasteiger partial charge >= 0.3 is 0 Å². The molecule has 0 aliphatic carbocycles. The molecule has 0 fully saturated rings. The first-order valence-electron chi connectivity index (χ1n) is 7.22. The van der Waals surface area contributed by atoms with E-state index in [1.165, 1.54) is 0 Å². The topological polar surface area (TPSA) is 57.4 Å². The Hall–Kier alpha value is -2.05. The van der Waals surface area contributed by atoms with E-state index in [9.17, 15) is 0 Å². The lowest BCUT2D eigenvalue weighted by Gasteiger charge is -2.11. The van der Waals surface area contributed by atoms with Gasteiger partial charge in [-0.15, -0.1) is 0 Å². The third kappa shape index (κ3) is 3.39. The van der Waals surface area contributed by atoms with Crippen LogP contribution in [0.2, 0.25) is 5.02 Å². The number of ether oxygens (including phenoxy) is 2. The second-order valence-electron chi connectivity index (χ2n) is 4.86. The van der Waals surface area contributed by atoms with Crippen LogP contribution in [0.4, 0.5) is 0 Å². The van der Waals surface area contributed by atoms with Gasteiger partial charge < -0.3 is 14.0 Å². The molecule has 0 unspecified atom stereocenters. The number of benzene rings is 2. The van der Waals surface area contributed by atoms with Crippen LogP contribution < -0.4 is 9.47 Å². The van der Waals surface area contributed by atoms with Crippen molar-refractivity contribution in [2.75, 3.05) is 13.7 Å². The van der Waals surface area contributed by atoms with Crippen molar-refractivity contribution in [1.82, 2.24) is 10.1 Å². The SMILES string of the molecule is CCOc1cc(-c2noc(-c3cccc(Cl)c3)n2)cc(Br)c1OC. The molecule has 0 atom stereocenters. The molecule has 5 nitrogen and oxygen atoms in total. The van der Waals surface area contributed by atoms with Crippen molar-refractivity contribution in [3.8, 4) is 34.3 Å². The van der Waals surface area contributed by atoms with Crippen molar-refractivity contribution in [2.24, 2.45) is 0 Å². The van der Waals surface area contributed by atoms with Crippen molar-refractivity contribution < 1.29 is 14.0 Å². The number of hydrogen-bond acceptors (Lipinski definition) is 5. The van der Waals surface area contributed by atoms with Crippen LogP contribution in [-0.4, -0.2) is 23.9 Å². The second-order valence-corrected chi connectivity index (χ2v) is 6.15. The quantitative estimate of drug-likeness (QED) is 0.578. The molecular formula is C17H14BrClN2O3. The molecule has 0 radical (unpaired) electrons. The smallest absolute Gasteiger partial charge is 0.258 e. The molecule has 0 aliphatic rings. The van der Waals surface area contributed by atoms with Crippen LogP contribution in [0.1, 0.15) is 6.92 Å². The Kier molecular flexibility index (Phi) is 5.06. The molecule has 7 heteroatoms. The van der Waals surface area contributed by atoms with Crippen molar-refractivity contribution in [1.29, 1.82) is 0 Å². The third-order valence-electron chi connectivity index (χ3n) is 3.27. The zero-order valence-electron chi connectivity index (χ0n) is 13.0. The van der Waals surface area contributed by atoms with Gasteiger partial charge in [0.25, 0.3) is 5.89 Å². The summed E-state index contributed by atoms with van der Waals surface area (Å²) in [4.78, 5) is 4.44. The summed E-state index contributed by atoms with van der Waals surface area (Å²) >= 11 is 9.48. The van der Waals surface area contributed by atoms with Gasteiger partial charge in [-0.05, 0) is 53.2 Å². The largest absolute Gasteiger partial charge is 0.492 e. The lowest BCUT2D eigenvalue weighted by Crippen LogP contribution is -1.97. The first kappa shape index (κ1) is 16.8. The Labute approximate surface area is 152 Å². The number of halogens is 2. The van der Waals surface area contributed by atoms with E-state index < -0.39 is 0 Å². The molecule has 0 bridgehead atoms. The number of nitrogens with zero attached hydrogens (tertiary/aromatic N) is 2. The molecule has 124 valence electrons. The number of rotatable bonds is 5. The number of aromatic nitrogens is 2. The van der Waals surface area contributed by atoms with Crippen LogP contribution in [0.3, 0.4) is 0 Å². The van der Waals surface area contributed by atoms with Gasteiger partial charge in [0.15, 0.2) is 11.5 Å². The minimum absolute atomic E-state index is 0.400. The van der Waals surface area contributed by atoms with Gasteiger partial charge in [-0.25, -0.2) is 0 Å². The molecule has 2 aromatic carbocycles. The van der Waals surface area contributed by atoms with Crippen molar-refractivity contribution in [2.45, 2.75) is 6.92 Å². The van der Waals surface area contributed by atoms with Gasteiger partial charge in [0.2, 0.25) is 5.82 Å². The zero-order chi connectivity index (χ0) is 17.1. The zero-order valence-corrected chi connectivity index (χ0v) is 15.4. The van der Waals surface area contributed by atoms with Crippen LogP contribution in [-0.2, 0) is 0 Å². The predicted octanol–water partition coefficient (Wildman–Crippen LogP) is 5.23. The van der Waals surface area contributed by atoms with E-state index in [-0.39, 0.29) is 0 Å². The molecule has 24 heavy (non-hydrogen) atoms. The average molecular weight is 410 g/mol. The van der Waals surface area contributed by atoms with Crippen LogP contribution in [0.15, 0.2) is 45.4 Å². The van der Waals surface area contributed by atoms with E-state index in [1.807, 2.05) is 31.2 Å². The normalized spacial score (nSPS) is 10.7. The van der Waals surface area contributed by atoms with Gasteiger partial charge in [-0.1, -0.05) is 22.8 Å². The number of methoxy groups -OCH3 is 1. The Morgan fingerprint density at radius 1 is 1.21 bits per heavy atom. The molecule has 0 spiro atoms. The molecule has 1 aromatic heterocycles. The maximum absolute atomic E-state index is 6.00. The van der Waals surface area contributed by atoms with Gasteiger partial charge in [-0.2, -0.15) is 4.98 Å². The Bertz CT molecular complexity index is 867. The Morgan fingerprint density at radius 3 is 2.75 bits per heavy atom. The maximum Gasteiger partial charge on any atom is 0.258 e. The minimum atomic E-state index is 0.400. The van der Waals surface area contributed by atoms with E-state index in [0.29, 0.717) is 34.8 Å². The lowest BCUT2D eigenvalue weighted by molar-refractivity contribution is 0.310. The summed E-state index contributed by atoms with van der Waals surface area (Å²) in [5, 5.41) is 4.65. The summed E-state index contributed by atoms with van der Waals surface area (Å²) in [6, 6.07) is 10.9. The molecule has 3 rings (SSSR count). The summed E-state index contributed by atoms with van der Waals surface area (Å²) in [7, 11) is 1.59. The van der Waals surface area contributed by atoms with Crippen LogP contribution in [0.25, 0.3) is 22.8 Å². The summed E-state index contributed by atoms with van der Waals surface area (Å²) in [5.41, 5.74) is 1.52. The first-order chi connectivity index (χ1) is 11.6. The highest BCUT2D eigenvalue weighted by atomic mass is 79.9. The third-order valence-corrected chi connectivity index (χ3v) is 4.09. The van der Waals surface area contributed by atoms with E-state index in [1.54, 1.807) is 19.2 Å². The fourth-order valence-electron chi connectivity index (χ4n) is 2.24. The molecule has 3 aromatic rings.